The van der Waals surface area contributed by atoms with Crippen molar-refractivity contribution >= 4 is 54.9 Å². The molecule has 0 spiro atoms. The van der Waals surface area contributed by atoms with Crippen LogP contribution in [0.25, 0.3) is 15.2 Å². The van der Waals surface area contributed by atoms with Crippen molar-refractivity contribution < 1.29 is 14.3 Å². The van der Waals surface area contributed by atoms with Crippen LogP contribution in [-0.2, 0) is 16.6 Å². The van der Waals surface area contributed by atoms with Gasteiger partial charge in [-0.15, -0.1) is 11.3 Å². The topological polar surface area (TPSA) is 98.5 Å². The lowest BCUT2D eigenvalue weighted by molar-refractivity contribution is -0.123. The Labute approximate surface area is 197 Å². The summed E-state index contributed by atoms with van der Waals surface area (Å²) in [5.41, 5.74) is 1.04. The van der Waals surface area contributed by atoms with E-state index in [-0.39, 0.29) is 11.2 Å². The molecule has 0 aliphatic carbocycles. The Hall–Kier alpha value is -3.44. The van der Waals surface area contributed by atoms with Crippen LogP contribution in [0.2, 0.25) is 0 Å². The summed E-state index contributed by atoms with van der Waals surface area (Å²) in [5, 5.41) is 3.48. The molecule has 0 aliphatic heterocycles. The van der Waals surface area contributed by atoms with Gasteiger partial charge >= 0.3 is 5.97 Å². The number of rotatable bonds is 6. The van der Waals surface area contributed by atoms with Gasteiger partial charge in [0.1, 0.15) is 15.4 Å². The number of hydrogen-bond acceptors (Lipinski definition) is 8. The Morgan fingerprint density at radius 2 is 1.88 bits per heavy atom. The van der Waals surface area contributed by atoms with Crippen molar-refractivity contribution in [2.75, 3.05) is 24.3 Å². The van der Waals surface area contributed by atoms with Gasteiger partial charge in [0.25, 0.3) is 11.5 Å². The quantitative estimate of drug-likeness (QED) is 0.420. The Bertz CT molecular complexity index is 1370. The van der Waals surface area contributed by atoms with Gasteiger partial charge in [-0.2, -0.15) is 0 Å². The molecule has 3 heterocycles. The SMILES string of the molecule is Cc1c(NC(=O)C(C)OC(=O)c2cc3sc(N(C)C)nc3s2)c(=O)n(-c2ccccc2)n1C. The number of hydrogen-bond donors (Lipinski definition) is 1. The minimum absolute atomic E-state index is 0.145. The van der Waals surface area contributed by atoms with Gasteiger partial charge in [-0.3, -0.25) is 14.3 Å². The lowest BCUT2D eigenvalue weighted by Gasteiger charge is -2.12. The highest BCUT2D eigenvalue weighted by atomic mass is 32.1. The van der Waals surface area contributed by atoms with Gasteiger partial charge in [-0.05, 0) is 32.0 Å². The number of para-hydroxylation sites is 1. The summed E-state index contributed by atoms with van der Waals surface area (Å²) in [5.74, 6) is -1.19. The van der Waals surface area contributed by atoms with Crippen LogP contribution in [0.1, 0.15) is 22.3 Å². The number of nitrogens with zero attached hydrogens (tertiary/aromatic N) is 4. The number of thiazole rings is 1. The Balaban J connectivity index is 1.48. The molecule has 0 bridgehead atoms. The molecular formula is C22H23N5O4S2. The maximum Gasteiger partial charge on any atom is 0.349 e. The van der Waals surface area contributed by atoms with Gasteiger partial charge in [0.15, 0.2) is 11.2 Å². The van der Waals surface area contributed by atoms with Crippen molar-refractivity contribution in [3.05, 3.63) is 57.3 Å². The summed E-state index contributed by atoms with van der Waals surface area (Å²) in [6.45, 7) is 3.21. The van der Waals surface area contributed by atoms with Crippen LogP contribution in [0.3, 0.4) is 0 Å². The zero-order valence-electron chi connectivity index (χ0n) is 18.8. The number of carbonyl (C=O) groups excluding carboxylic acids is 2. The summed E-state index contributed by atoms with van der Waals surface area (Å²) in [7, 11) is 5.54. The molecule has 9 nitrogen and oxygen atoms in total. The first-order chi connectivity index (χ1) is 15.7. The van der Waals surface area contributed by atoms with Gasteiger partial charge in [0, 0.05) is 21.1 Å². The number of aromatic nitrogens is 3. The molecular weight excluding hydrogens is 462 g/mol. The molecule has 0 saturated heterocycles. The van der Waals surface area contributed by atoms with Crippen molar-refractivity contribution in [3.8, 4) is 5.69 Å². The van der Waals surface area contributed by atoms with Crippen LogP contribution in [0.5, 0.6) is 0 Å². The summed E-state index contributed by atoms with van der Waals surface area (Å²) >= 11 is 2.69. The molecule has 172 valence electrons. The summed E-state index contributed by atoms with van der Waals surface area (Å²) in [4.78, 5) is 45.8. The molecule has 1 unspecified atom stereocenters. The number of benzene rings is 1. The van der Waals surface area contributed by atoms with Crippen molar-refractivity contribution in [3.63, 3.8) is 0 Å². The highest BCUT2D eigenvalue weighted by Gasteiger charge is 2.25. The largest absolute Gasteiger partial charge is 0.448 e. The number of nitrogens with one attached hydrogen (secondary N) is 1. The smallest absolute Gasteiger partial charge is 0.349 e. The first-order valence-electron chi connectivity index (χ1n) is 10.1. The molecule has 3 aromatic heterocycles. The number of thiophene rings is 1. The molecule has 0 radical (unpaired) electrons. The monoisotopic (exact) mass is 485 g/mol. The number of anilines is 2. The molecule has 11 heteroatoms. The molecule has 1 N–H and O–H groups in total. The second-order valence-electron chi connectivity index (χ2n) is 7.64. The Kier molecular flexibility index (Phi) is 6.09. The van der Waals surface area contributed by atoms with Crippen molar-refractivity contribution in [1.82, 2.24) is 14.3 Å². The van der Waals surface area contributed by atoms with E-state index >= 15 is 0 Å². The number of esters is 1. The predicted molar refractivity (Wildman–Crippen MR) is 131 cm³/mol. The number of ether oxygens (including phenoxy) is 1. The second kappa shape index (κ2) is 8.83. The fourth-order valence-electron chi connectivity index (χ4n) is 3.22. The maximum atomic E-state index is 13.0. The van der Waals surface area contributed by atoms with E-state index in [2.05, 4.69) is 10.3 Å². The Morgan fingerprint density at radius 3 is 2.52 bits per heavy atom. The lowest BCUT2D eigenvalue weighted by atomic mass is 10.3. The van der Waals surface area contributed by atoms with E-state index in [0.717, 1.165) is 14.7 Å². The lowest BCUT2D eigenvalue weighted by Crippen LogP contribution is -2.32. The molecule has 4 rings (SSSR count). The molecule has 33 heavy (non-hydrogen) atoms. The van der Waals surface area contributed by atoms with E-state index in [1.54, 1.807) is 36.9 Å². The van der Waals surface area contributed by atoms with Gasteiger partial charge in [0.05, 0.1) is 16.1 Å². The fourth-order valence-corrected chi connectivity index (χ4v) is 5.24. The number of amides is 1. The molecule has 0 saturated carbocycles. The molecule has 1 aromatic carbocycles. The normalized spacial score (nSPS) is 12.0. The third-order valence-corrected chi connectivity index (χ3v) is 7.43. The van der Waals surface area contributed by atoms with E-state index in [1.165, 1.54) is 34.3 Å². The zero-order valence-corrected chi connectivity index (χ0v) is 20.4. The predicted octanol–water partition coefficient (Wildman–Crippen LogP) is 3.41. The number of fused-ring (bicyclic) bond motifs is 1. The maximum absolute atomic E-state index is 13.0. The fraction of sp³-hybridized carbons (Fsp3) is 0.273. The van der Waals surface area contributed by atoms with Crippen molar-refractivity contribution in [2.45, 2.75) is 20.0 Å². The third-order valence-electron chi connectivity index (χ3n) is 5.12. The highest BCUT2D eigenvalue weighted by Crippen LogP contribution is 2.34. The van der Waals surface area contributed by atoms with E-state index < -0.39 is 18.0 Å². The first kappa shape index (κ1) is 22.7. The molecule has 1 amide bonds. The highest BCUT2D eigenvalue weighted by molar-refractivity contribution is 7.29. The van der Waals surface area contributed by atoms with Gasteiger partial charge in [0.2, 0.25) is 0 Å². The molecule has 4 aromatic rings. The van der Waals surface area contributed by atoms with Crippen LogP contribution in [0.15, 0.2) is 41.2 Å². The average Bonchev–Trinajstić information content (AvgIpc) is 3.42. The van der Waals surface area contributed by atoms with E-state index in [9.17, 15) is 14.4 Å². The van der Waals surface area contributed by atoms with Crippen LogP contribution >= 0.6 is 22.7 Å². The van der Waals surface area contributed by atoms with Crippen LogP contribution in [0, 0.1) is 6.92 Å². The third kappa shape index (κ3) is 4.29. The summed E-state index contributed by atoms with van der Waals surface area (Å²) in [6.07, 6.45) is -1.09. The van der Waals surface area contributed by atoms with E-state index in [4.69, 9.17) is 4.74 Å². The summed E-state index contributed by atoms with van der Waals surface area (Å²) < 4.78 is 9.37. The van der Waals surface area contributed by atoms with Gasteiger partial charge in [-0.1, -0.05) is 29.5 Å². The molecule has 1 atom stereocenters. The minimum Gasteiger partial charge on any atom is -0.448 e. The molecule has 0 fully saturated rings. The minimum atomic E-state index is -1.09. The summed E-state index contributed by atoms with van der Waals surface area (Å²) in [6, 6.07) is 10.8. The van der Waals surface area contributed by atoms with Crippen LogP contribution < -0.4 is 15.8 Å². The van der Waals surface area contributed by atoms with Crippen molar-refractivity contribution in [2.24, 2.45) is 7.05 Å². The van der Waals surface area contributed by atoms with E-state index in [0.29, 0.717) is 16.3 Å². The van der Waals surface area contributed by atoms with Gasteiger partial charge < -0.3 is 15.0 Å². The van der Waals surface area contributed by atoms with Crippen LogP contribution in [-0.4, -0.2) is 46.4 Å². The second-order valence-corrected chi connectivity index (χ2v) is 9.68. The first-order valence-corrected chi connectivity index (χ1v) is 11.7. The van der Waals surface area contributed by atoms with Gasteiger partial charge in [-0.25, -0.2) is 14.5 Å². The van der Waals surface area contributed by atoms with Crippen LogP contribution in [0.4, 0.5) is 10.8 Å². The molecule has 0 aliphatic rings. The standard InChI is InChI=1S/C22H23N5O4S2/c1-12-17(20(29)27(26(12)5)14-9-7-6-8-10-14)23-18(28)13(2)31-21(30)16-11-15-19(32-16)24-22(33-15)25(3)4/h6-11,13H,1-5H3,(H,23,28). The van der Waals surface area contributed by atoms with E-state index in [1.807, 2.05) is 37.2 Å². The van der Waals surface area contributed by atoms with Crippen molar-refractivity contribution in [1.29, 1.82) is 0 Å². The average molecular weight is 486 g/mol. The zero-order chi connectivity index (χ0) is 23.9. The Morgan fingerprint density at radius 1 is 1.18 bits per heavy atom. The number of carbonyl (C=O) groups is 2.